The van der Waals surface area contributed by atoms with Crippen LogP contribution in [0.4, 0.5) is 11.6 Å². The van der Waals surface area contributed by atoms with Gasteiger partial charge in [-0.05, 0) is 48.4 Å². The van der Waals surface area contributed by atoms with Crippen molar-refractivity contribution < 1.29 is 4.79 Å². The first-order valence-electron chi connectivity index (χ1n) is 10.9. The van der Waals surface area contributed by atoms with Gasteiger partial charge in [0.15, 0.2) is 0 Å². The normalized spacial score (nSPS) is 14.9. The number of hydrogen-bond acceptors (Lipinski definition) is 5. The van der Waals surface area contributed by atoms with Crippen molar-refractivity contribution in [3.8, 4) is 0 Å². The Morgan fingerprint density at radius 2 is 1.89 bits per heavy atom. The standard InChI is InChI=1S/C26H21BrClN5OS/c1-16-22(24(34)30-20-11-3-2-4-12-20)23(17-9-7-10-19(27)14-17)33-25(29-16)31-26(32-33)35-15-18-8-5-6-13-21(18)28/h2-14,23H,15H2,1H3,(H,30,34)(H,29,31,32). The topological polar surface area (TPSA) is 71.8 Å². The predicted octanol–water partition coefficient (Wildman–Crippen LogP) is 6.91. The number of nitrogens with zero attached hydrogens (tertiary/aromatic N) is 3. The molecule has 0 saturated carbocycles. The van der Waals surface area contributed by atoms with Gasteiger partial charge >= 0.3 is 0 Å². The van der Waals surface area contributed by atoms with Gasteiger partial charge in [0.2, 0.25) is 11.1 Å². The fourth-order valence-corrected chi connectivity index (χ4v) is 5.48. The quantitative estimate of drug-likeness (QED) is 0.248. The zero-order valence-corrected chi connectivity index (χ0v) is 21.9. The number of fused-ring (bicyclic) bond motifs is 1. The largest absolute Gasteiger partial charge is 0.328 e. The molecule has 6 nitrogen and oxygen atoms in total. The molecule has 1 aliphatic rings. The number of nitrogens with one attached hydrogen (secondary N) is 2. The molecule has 2 heterocycles. The first-order chi connectivity index (χ1) is 17.0. The molecule has 0 saturated heterocycles. The highest BCUT2D eigenvalue weighted by molar-refractivity contribution is 9.10. The predicted molar refractivity (Wildman–Crippen MR) is 145 cm³/mol. The number of halogens is 2. The molecule has 1 aliphatic heterocycles. The Morgan fingerprint density at radius 1 is 1.11 bits per heavy atom. The van der Waals surface area contributed by atoms with Crippen LogP contribution >= 0.6 is 39.3 Å². The average molecular weight is 567 g/mol. The summed E-state index contributed by atoms with van der Waals surface area (Å²) in [6, 6.07) is 24.6. The maximum atomic E-state index is 13.5. The zero-order valence-electron chi connectivity index (χ0n) is 18.7. The third-order valence-electron chi connectivity index (χ3n) is 5.59. The highest BCUT2D eigenvalue weighted by Gasteiger charge is 2.34. The van der Waals surface area contributed by atoms with E-state index in [2.05, 4.69) is 26.6 Å². The molecular weight excluding hydrogens is 546 g/mol. The minimum atomic E-state index is -0.449. The summed E-state index contributed by atoms with van der Waals surface area (Å²) in [6.07, 6.45) is 0. The van der Waals surface area contributed by atoms with Gasteiger partial charge in [-0.25, -0.2) is 4.68 Å². The number of hydrogen-bond donors (Lipinski definition) is 2. The van der Waals surface area contributed by atoms with E-state index >= 15 is 0 Å². The molecule has 9 heteroatoms. The highest BCUT2D eigenvalue weighted by Crippen LogP contribution is 2.38. The van der Waals surface area contributed by atoms with E-state index < -0.39 is 6.04 Å². The summed E-state index contributed by atoms with van der Waals surface area (Å²) < 4.78 is 2.70. The van der Waals surface area contributed by atoms with Crippen molar-refractivity contribution in [2.24, 2.45) is 0 Å². The van der Waals surface area contributed by atoms with E-state index in [0.717, 1.165) is 27.0 Å². The van der Waals surface area contributed by atoms with Crippen molar-refractivity contribution in [1.29, 1.82) is 0 Å². The monoisotopic (exact) mass is 565 g/mol. The van der Waals surface area contributed by atoms with Gasteiger partial charge in [-0.1, -0.05) is 87.8 Å². The van der Waals surface area contributed by atoms with E-state index in [-0.39, 0.29) is 5.91 Å². The van der Waals surface area contributed by atoms with E-state index in [1.807, 2.05) is 85.8 Å². The van der Waals surface area contributed by atoms with Crippen LogP contribution in [0.2, 0.25) is 5.02 Å². The Kier molecular flexibility index (Phi) is 6.95. The summed E-state index contributed by atoms with van der Waals surface area (Å²) in [5.74, 6) is 1.03. The Bertz CT molecular complexity index is 1420. The molecule has 0 aliphatic carbocycles. The van der Waals surface area contributed by atoms with Gasteiger partial charge in [-0.15, -0.1) is 5.10 Å². The second kappa shape index (κ2) is 10.3. The summed E-state index contributed by atoms with van der Waals surface area (Å²) >= 11 is 11.4. The molecule has 1 aromatic heterocycles. The fraction of sp³-hybridized carbons (Fsp3) is 0.115. The van der Waals surface area contributed by atoms with E-state index in [0.29, 0.717) is 27.5 Å². The lowest BCUT2D eigenvalue weighted by Gasteiger charge is -2.28. The van der Waals surface area contributed by atoms with Crippen LogP contribution < -0.4 is 10.6 Å². The number of allylic oxidation sites excluding steroid dienone is 1. The van der Waals surface area contributed by atoms with Crippen LogP contribution in [0.3, 0.4) is 0 Å². The average Bonchev–Trinajstić information content (AvgIpc) is 3.25. The van der Waals surface area contributed by atoms with Gasteiger partial charge in [0.05, 0.1) is 5.57 Å². The van der Waals surface area contributed by atoms with Gasteiger partial charge in [-0.3, -0.25) is 4.79 Å². The maximum Gasteiger partial charge on any atom is 0.255 e. The summed E-state index contributed by atoms with van der Waals surface area (Å²) in [6.45, 7) is 1.89. The van der Waals surface area contributed by atoms with Gasteiger partial charge in [-0.2, -0.15) is 4.98 Å². The molecule has 176 valence electrons. The molecule has 1 unspecified atom stereocenters. The van der Waals surface area contributed by atoms with Crippen LogP contribution in [-0.4, -0.2) is 20.7 Å². The number of rotatable bonds is 6. The van der Waals surface area contributed by atoms with E-state index in [1.165, 1.54) is 11.8 Å². The lowest BCUT2D eigenvalue weighted by Crippen LogP contribution is -2.31. The summed E-state index contributed by atoms with van der Waals surface area (Å²) in [7, 11) is 0. The SMILES string of the molecule is CC1=C(C(=O)Nc2ccccc2)C(c2cccc(Br)c2)n2nc(SCc3ccccc3Cl)nc2N1. The Hall–Kier alpha value is -3.07. The smallest absolute Gasteiger partial charge is 0.255 e. The minimum Gasteiger partial charge on any atom is -0.328 e. The number of thioether (sulfide) groups is 1. The van der Waals surface area contributed by atoms with Crippen molar-refractivity contribution in [2.75, 3.05) is 10.6 Å². The molecule has 1 atom stereocenters. The molecule has 5 rings (SSSR count). The Labute approximate surface area is 220 Å². The first kappa shape index (κ1) is 23.7. The maximum absolute atomic E-state index is 13.5. The summed E-state index contributed by atoms with van der Waals surface area (Å²) in [5.41, 5.74) is 3.97. The van der Waals surface area contributed by atoms with Crippen LogP contribution in [0, 0.1) is 0 Å². The molecular formula is C26H21BrClN5OS. The molecule has 4 aromatic rings. The zero-order chi connectivity index (χ0) is 24.4. The van der Waals surface area contributed by atoms with Crippen molar-refractivity contribution >= 4 is 56.8 Å². The molecule has 0 spiro atoms. The Morgan fingerprint density at radius 3 is 2.66 bits per heavy atom. The molecule has 2 N–H and O–H groups in total. The number of amides is 1. The minimum absolute atomic E-state index is 0.197. The lowest BCUT2D eigenvalue weighted by atomic mass is 9.95. The van der Waals surface area contributed by atoms with Crippen molar-refractivity contribution in [3.63, 3.8) is 0 Å². The summed E-state index contributed by atoms with van der Waals surface area (Å²) in [4.78, 5) is 18.2. The van der Waals surface area contributed by atoms with Crippen molar-refractivity contribution in [1.82, 2.24) is 14.8 Å². The van der Waals surface area contributed by atoms with Gasteiger partial charge in [0, 0.05) is 26.6 Å². The molecule has 3 aromatic carbocycles. The third kappa shape index (κ3) is 5.15. The fourth-order valence-electron chi connectivity index (χ4n) is 3.95. The second-order valence-corrected chi connectivity index (χ2v) is 10.2. The molecule has 0 fully saturated rings. The number of aromatic nitrogens is 3. The number of carbonyl (C=O) groups excluding carboxylic acids is 1. The Balaban J connectivity index is 1.50. The number of carbonyl (C=O) groups is 1. The van der Waals surface area contributed by atoms with Crippen LogP contribution in [0.15, 0.2) is 99.8 Å². The van der Waals surface area contributed by atoms with Crippen LogP contribution in [0.5, 0.6) is 0 Å². The number of anilines is 2. The van der Waals surface area contributed by atoms with Crippen molar-refractivity contribution in [3.05, 3.63) is 111 Å². The van der Waals surface area contributed by atoms with Gasteiger partial charge < -0.3 is 10.6 Å². The highest BCUT2D eigenvalue weighted by atomic mass is 79.9. The molecule has 0 radical (unpaired) electrons. The van der Waals surface area contributed by atoms with Crippen LogP contribution in [0.25, 0.3) is 0 Å². The molecule has 0 bridgehead atoms. The number of benzene rings is 3. The van der Waals surface area contributed by atoms with Crippen LogP contribution in [0.1, 0.15) is 24.1 Å². The van der Waals surface area contributed by atoms with E-state index in [1.54, 1.807) is 4.68 Å². The molecule has 35 heavy (non-hydrogen) atoms. The third-order valence-corrected chi connectivity index (χ3v) is 7.34. The molecule has 1 amide bonds. The summed E-state index contributed by atoms with van der Waals surface area (Å²) in [5, 5.41) is 12.4. The van der Waals surface area contributed by atoms with E-state index in [4.69, 9.17) is 21.7 Å². The van der Waals surface area contributed by atoms with Gasteiger partial charge in [0.25, 0.3) is 5.91 Å². The van der Waals surface area contributed by atoms with Crippen molar-refractivity contribution in [2.45, 2.75) is 23.9 Å². The number of para-hydroxylation sites is 1. The van der Waals surface area contributed by atoms with Gasteiger partial charge in [0.1, 0.15) is 6.04 Å². The lowest BCUT2D eigenvalue weighted by molar-refractivity contribution is -0.113. The van der Waals surface area contributed by atoms with Crippen LogP contribution in [-0.2, 0) is 10.5 Å². The second-order valence-electron chi connectivity index (χ2n) is 7.98. The first-order valence-corrected chi connectivity index (χ1v) is 13.1. The van der Waals surface area contributed by atoms with E-state index in [9.17, 15) is 4.79 Å².